The fraction of sp³-hybridized carbons (Fsp3) is 0.500. The third-order valence-corrected chi connectivity index (χ3v) is 4.60. The average Bonchev–Trinajstić information content (AvgIpc) is 2.46. The van der Waals surface area contributed by atoms with E-state index in [1.165, 1.54) is 6.92 Å². The number of rotatable bonds is 6. The van der Waals surface area contributed by atoms with Gasteiger partial charge in [0.15, 0.2) is 11.5 Å². The Balaban J connectivity index is 1.94. The molecule has 8 heteroatoms. The lowest BCUT2D eigenvalue weighted by Gasteiger charge is -2.26. The predicted molar refractivity (Wildman–Crippen MR) is 81.4 cm³/mol. The van der Waals surface area contributed by atoms with Gasteiger partial charge in [-0.2, -0.15) is 0 Å². The third-order valence-electron chi connectivity index (χ3n) is 3.07. The summed E-state index contributed by atoms with van der Waals surface area (Å²) in [5.74, 6) is 0.480. The Kier molecular flexibility index (Phi) is 5.25. The molecule has 0 saturated carbocycles. The number of ether oxygens (including phenoxy) is 2. The second kappa shape index (κ2) is 6.97. The highest BCUT2D eigenvalue weighted by atomic mass is 32.2. The first kappa shape index (κ1) is 16.6. The van der Waals surface area contributed by atoms with Crippen LogP contribution < -0.4 is 19.5 Å². The quantitative estimate of drug-likeness (QED) is 0.782. The number of fused-ring (bicyclic) bond motifs is 1. The summed E-state index contributed by atoms with van der Waals surface area (Å²) in [7, 11) is -3.66. The molecule has 2 rings (SSSR count). The van der Waals surface area contributed by atoms with Gasteiger partial charge in [0.05, 0.1) is 6.04 Å². The number of benzene rings is 1. The Labute approximate surface area is 130 Å². The van der Waals surface area contributed by atoms with Gasteiger partial charge in [-0.15, -0.1) is 0 Å². The van der Waals surface area contributed by atoms with Crippen LogP contribution in [0.1, 0.15) is 13.8 Å². The highest BCUT2D eigenvalue weighted by Crippen LogP contribution is 2.31. The molecule has 1 aliphatic rings. The van der Waals surface area contributed by atoms with Crippen LogP contribution in [0, 0.1) is 0 Å². The molecule has 0 unspecified atom stereocenters. The van der Waals surface area contributed by atoms with Crippen LogP contribution in [0.5, 0.6) is 11.5 Å². The molecule has 0 aromatic heterocycles. The fourth-order valence-corrected chi connectivity index (χ4v) is 3.48. The lowest BCUT2D eigenvalue weighted by atomic mass is 10.3. The van der Waals surface area contributed by atoms with Gasteiger partial charge in [0.2, 0.25) is 15.9 Å². The predicted octanol–water partition coefficient (Wildman–Crippen LogP) is 0.270. The van der Waals surface area contributed by atoms with E-state index in [1.54, 1.807) is 25.1 Å². The first-order chi connectivity index (χ1) is 10.4. The van der Waals surface area contributed by atoms with Crippen molar-refractivity contribution >= 4 is 15.9 Å². The molecule has 0 radical (unpaired) electrons. The molecule has 0 fully saturated rings. The number of sulfonamides is 1. The van der Waals surface area contributed by atoms with Crippen molar-refractivity contribution in [2.45, 2.75) is 26.0 Å². The molecule has 1 heterocycles. The number of carbonyl (C=O) groups excluding carboxylic acids is 1. The number of hydrogen-bond acceptors (Lipinski definition) is 5. The summed E-state index contributed by atoms with van der Waals surface area (Å²) in [5.41, 5.74) is 0. The van der Waals surface area contributed by atoms with Gasteiger partial charge in [0, 0.05) is 6.54 Å². The largest absolute Gasteiger partial charge is 0.486 e. The van der Waals surface area contributed by atoms with Gasteiger partial charge in [-0.1, -0.05) is 12.1 Å². The Morgan fingerprint density at radius 2 is 2.05 bits per heavy atom. The monoisotopic (exact) mass is 328 g/mol. The summed E-state index contributed by atoms with van der Waals surface area (Å²) in [4.78, 5) is 11.6. The average molecular weight is 328 g/mol. The second-order valence-corrected chi connectivity index (χ2v) is 6.81. The topological polar surface area (TPSA) is 93.7 Å². The van der Waals surface area contributed by atoms with Crippen molar-refractivity contribution in [2.75, 3.05) is 18.9 Å². The highest BCUT2D eigenvalue weighted by Gasteiger charge is 2.28. The maximum Gasteiger partial charge on any atom is 0.237 e. The summed E-state index contributed by atoms with van der Waals surface area (Å²) in [5, 5.41) is 2.56. The van der Waals surface area contributed by atoms with Crippen LogP contribution in [-0.2, 0) is 14.8 Å². The Bertz CT molecular complexity index is 632. The summed E-state index contributed by atoms with van der Waals surface area (Å²) in [6.07, 6.45) is -0.617. The number of carbonyl (C=O) groups is 1. The van der Waals surface area contributed by atoms with E-state index in [-0.39, 0.29) is 18.3 Å². The summed E-state index contributed by atoms with van der Waals surface area (Å²) >= 11 is 0. The smallest absolute Gasteiger partial charge is 0.237 e. The molecule has 1 amide bonds. The van der Waals surface area contributed by atoms with Crippen molar-refractivity contribution in [1.82, 2.24) is 10.0 Å². The van der Waals surface area contributed by atoms with Crippen molar-refractivity contribution in [3.63, 3.8) is 0 Å². The van der Waals surface area contributed by atoms with Gasteiger partial charge in [-0.05, 0) is 26.0 Å². The molecule has 1 aliphatic heterocycles. The Morgan fingerprint density at radius 3 is 2.73 bits per heavy atom. The van der Waals surface area contributed by atoms with Gasteiger partial charge >= 0.3 is 0 Å². The second-order valence-electron chi connectivity index (χ2n) is 5.01. The SMILES string of the molecule is CCNC(=O)[C@@H](C)NS(=O)(=O)C[C@@H]1COc2ccccc2O1. The normalized spacial score (nSPS) is 18.5. The standard InChI is InChI=1S/C14H20N2O5S/c1-3-15-14(17)10(2)16-22(18,19)9-11-8-20-12-6-4-5-7-13(12)21-11/h4-7,10-11,16H,3,8-9H2,1-2H3,(H,15,17)/t10-,11+/m1/s1. The minimum absolute atomic E-state index is 0.146. The molecule has 7 nitrogen and oxygen atoms in total. The van der Waals surface area contributed by atoms with E-state index < -0.39 is 22.2 Å². The van der Waals surface area contributed by atoms with Crippen molar-refractivity contribution < 1.29 is 22.7 Å². The minimum atomic E-state index is -3.66. The molecule has 0 saturated heterocycles. The zero-order valence-electron chi connectivity index (χ0n) is 12.5. The minimum Gasteiger partial charge on any atom is -0.486 e. The van der Waals surface area contributed by atoms with Crippen LogP contribution in [0.15, 0.2) is 24.3 Å². The van der Waals surface area contributed by atoms with Crippen molar-refractivity contribution in [3.8, 4) is 11.5 Å². The van der Waals surface area contributed by atoms with Crippen LogP contribution >= 0.6 is 0 Å². The first-order valence-electron chi connectivity index (χ1n) is 7.07. The van der Waals surface area contributed by atoms with Crippen molar-refractivity contribution in [2.24, 2.45) is 0 Å². The molecule has 1 aromatic carbocycles. The van der Waals surface area contributed by atoms with Crippen LogP contribution in [-0.4, -0.2) is 45.4 Å². The van der Waals surface area contributed by atoms with E-state index in [0.717, 1.165) is 0 Å². The number of amides is 1. The molecular formula is C14H20N2O5S. The van der Waals surface area contributed by atoms with Gasteiger partial charge in [-0.3, -0.25) is 4.79 Å². The highest BCUT2D eigenvalue weighted by molar-refractivity contribution is 7.89. The first-order valence-corrected chi connectivity index (χ1v) is 8.72. The molecule has 2 N–H and O–H groups in total. The lowest BCUT2D eigenvalue weighted by molar-refractivity contribution is -0.122. The van der Waals surface area contributed by atoms with Crippen molar-refractivity contribution in [1.29, 1.82) is 0 Å². The van der Waals surface area contributed by atoms with E-state index in [0.29, 0.717) is 18.0 Å². The lowest BCUT2D eigenvalue weighted by Crippen LogP contribution is -2.48. The number of likely N-dealkylation sites (N-methyl/N-ethyl adjacent to an activating group) is 1. The van der Waals surface area contributed by atoms with E-state index >= 15 is 0 Å². The fourth-order valence-electron chi connectivity index (χ4n) is 2.09. The molecule has 2 atom stereocenters. The van der Waals surface area contributed by atoms with Gasteiger partial charge in [-0.25, -0.2) is 13.1 Å². The number of nitrogens with one attached hydrogen (secondary N) is 2. The zero-order chi connectivity index (χ0) is 16.2. The van der Waals surface area contributed by atoms with Crippen LogP contribution in [0.2, 0.25) is 0 Å². The van der Waals surface area contributed by atoms with Gasteiger partial charge in [0.1, 0.15) is 18.5 Å². The van der Waals surface area contributed by atoms with Crippen molar-refractivity contribution in [3.05, 3.63) is 24.3 Å². The van der Waals surface area contributed by atoms with E-state index in [4.69, 9.17) is 9.47 Å². The van der Waals surface area contributed by atoms with Gasteiger partial charge < -0.3 is 14.8 Å². The molecular weight excluding hydrogens is 308 g/mol. The maximum atomic E-state index is 12.1. The Hall–Kier alpha value is -1.80. The molecule has 0 spiro atoms. The number of hydrogen-bond donors (Lipinski definition) is 2. The van der Waals surface area contributed by atoms with Crippen LogP contribution in [0.25, 0.3) is 0 Å². The van der Waals surface area contributed by atoms with E-state index in [1.807, 2.05) is 6.07 Å². The molecule has 0 bridgehead atoms. The molecule has 122 valence electrons. The van der Waals surface area contributed by atoms with E-state index in [9.17, 15) is 13.2 Å². The van der Waals surface area contributed by atoms with Crippen LogP contribution in [0.4, 0.5) is 0 Å². The maximum absolute atomic E-state index is 12.1. The van der Waals surface area contributed by atoms with Gasteiger partial charge in [0.25, 0.3) is 0 Å². The summed E-state index contributed by atoms with van der Waals surface area (Å²) < 4.78 is 37.6. The molecule has 0 aliphatic carbocycles. The summed E-state index contributed by atoms with van der Waals surface area (Å²) in [6.45, 7) is 3.86. The zero-order valence-corrected chi connectivity index (χ0v) is 13.4. The Morgan fingerprint density at radius 1 is 1.36 bits per heavy atom. The van der Waals surface area contributed by atoms with Crippen LogP contribution in [0.3, 0.4) is 0 Å². The molecule has 1 aromatic rings. The summed E-state index contributed by atoms with van der Waals surface area (Å²) in [6, 6.07) is 6.25. The van der Waals surface area contributed by atoms with E-state index in [2.05, 4.69) is 10.0 Å². The third kappa shape index (κ3) is 4.35. The molecule has 22 heavy (non-hydrogen) atoms. The number of para-hydroxylation sites is 2.